The molecule has 0 aliphatic carbocycles. The number of para-hydroxylation sites is 1. The van der Waals surface area contributed by atoms with E-state index in [0.29, 0.717) is 16.9 Å². The summed E-state index contributed by atoms with van der Waals surface area (Å²) in [5.41, 5.74) is 3.19. The number of hydrogen-bond donors (Lipinski definition) is 2. The SMILES string of the molecule is Cc1ccc(C(=O)Nc2ccccc2)cc1NC1=C(Cl)C(=O)N(Cc2ccccc2)C1=O. The highest BCUT2D eigenvalue weighted by molar-refractivity contribution is 6.48. The van der Waals surface area contributed by atoms with Crippen LogP contribution in [0.5, 0.6) is 0 Å². The zero-order valence-electron chi connectivity index (χ0n) is 17.3. The van der Waals surface area contributed by atoms with E-state index in [2.05, 4.69) is 10.6 Å². The number of anilines is 2. The number of carbonyl (C=O) groups excluding carboxylic acids is 3. The largest absolute Gasteiger partial charge is 0.349 e. The van der Waals surface area contributed by atoms with Gasteiger partial charge in [0.15, 0.2) is 0 Å². The van der Waals surface area contributed by atoms with Crippen molar-refractivity contribution in [3.8, 4) is 0 Å². The number of hydrogen-bond acceptors (Lipinski definition) is 4. The van der Waals surface area contributed by atoms with Gasteiger partial charge in [-0.3, -0.25) is 19.3 Å². The molecular formula is C25H20ClN3O3. The molecule has 1 heterocycles. The van der Waals surface area contributed by atoms with Gasteiger partial charge in [0.05, 0.1) is 6.54 Å². The fraction of sp³-hybridized carbons (Fsp3) is 0.0800. The predicted octanol–water partition coefficient (Wildman–Crippen LogP) is 4.68. The Balaban J connectivity index is 1.54. The highest BCUT2D eigenvalue weighted by atomic mass is 35.5. The molecule has 0 aromatic heterocycles. The van der Waals surface area contributed by atoms with E-state index in [0.717, 1.165) is 16.0 Å². The summed E-state index contributed by atoms with van der Waals surface area (Å²) in [6.07, 6.45) is 0. The summed E-state index contributed by atoms with van der Waals surface area (Å²) >= 11 is 6.22. The molecule has 6 nitrogen and oxygen atoms in total. The first-order chi connectivity index (χ1) is 15.4. The second-order valence-electron chi connectivity index (χ2n) is 7.35. The first-order valence-corrected chi connectivity index (χ1v) is 10.4. The number of amides is 3. The lowest BCUT2D eigenvalue weighted by molar-refractivity contribution is -0.138. The monoisotopic (exact) mass is 445 g/mol. The minimum atomic E-state index is -0.557. The predicted molar refractivity (Wildman–Crippen MR) is 124 cm³/mol. The zero-order chi connectivity index (χ0) is 22.7. The Bertz CT molecular complexity index is 1220. The summed E-state index contributed by atoms with van der Waals surface area (Å²) in [4.78, 5) is 39.3. The van der Waals surface area contributed by atoms with Crippen LogP contribution in [0.15, 0.2) is 89.6 Å². The van der Waals surface area contributed by atoms with E-state index in [9.17, 15) is 14.4 Å². The quantitative estimate of drug-likeness (QED) is 0.540. The second-order valence-corrected chi connectivity index (χ2v) is 7.72. The summed E-state index contributed by atoms with van der Waals surface area (Å²) in [5.74, 6) is -1.36. The van der Waals surface area contributed by atoms with Crippen LogP contribution in [0.25, 0.3) is 0 Å². The third-order valence-electron chi connectivity index (χ3n) is 5.09. The fourth-order valence-electron chi connectivity index (χ4n) is 3.32. The lowest BCUT2D eigenvalue weighted by Crippen LogP contribution is -2.31. The number of aryl methyl sites for hydroxylation is 1. The van der Waals surface area contributed by atoms with Gasteiger partial charge in [-0.25, -0.2) is 0 Å². The Hall–Kier alpha value is -3.90. The van der Waals surface area contributed by atoms with Gasteiger partial charge in [0.25, 0.3) is 17.7 Å². The van der Waals surface area contributed by atoms with Gasteiger partial charge >= 0.3 is 0 Å². The van der Waals surface area contributed by atoms with Crippen LogP contribution >= 0.6 is 11.6 Å². The van der Waals surface area contributed by atoms with Crippen LogP contribution in [-0.2, 0) is 16.1 Å². The van der Waals surface area contributed by atoms with Crippen molar-refractivity contribution in [3.05, 3.63) is 106 Å². The van der Waals surface area contributed by atoms with Crippen molar-refractivity contribution in [2.45, 2.75) is 13.5 Å². The summed E-state index contributed by atoms with van der Waals surface area (Å²) in [6.45, 7) is 1.96. The van der Waals surface area contributed by atoms with E-state index in [1.54, 1.807) is 30.3 Å². The first kappa shape index (κ1) is 21.3. The van der Waals surface area contributed by atoms with Crippen LogP contribution < -0.4 is 10.6 Å². The minimum absolute atomic E-state index is 0.00341. The Morgan fingerprint density at radius 1 is 0.906 bits per heavy atom. The zero-order valence-corrected chi connectivity index (χ0v) is 18.0. The second kappa shape index (κ2) is 9.08. The number of benzene rings is 3. The molecule has 1 aliphatic heterocycles. The van der Waals surface area contributed by atoms with Crippen LogP contribution in [0, 0.1) is 6.92 Å². The topological polar surface area (TPSA) is 78.5 Å². The number of rotatable bonds is 6. The molecule has 0 fully saturated rings. The van der Waals surface area contributed by atoms with Crippen molar-refractivity contribution in [2.75, 3.05) is 10.6 Å². The van der Waals surface area contributed by atoms with Gasteiger partial charge in [0.1, 0.15) is 10.7 Å². The molecule has 0 atom stereocenters. The van der Waals surface area contributed by atoms with Gasteiger partial charge < -0.3 is 10.6 Å². The van der Waals surface area contributed by atoms with Gasteiger partial charge in [-0.1, -0.05) is 66.2 Å². The van der Waals surface area contributed by atoms with Gasteiger partial charge in [0.2, 0.25) is 0 Å². The van der Waals surface area contributed by atoms with E-state index < -0.39 is 11.8 Å². The lowest BCUT2D eigenvalue weighted by atomic mass is 10.1. The number of carbonyl (C=O) groups is 3. The van der Waals surface area contributed by atoms with Crippen LogP contribution in [0.1, 0.15) is 21.5 Å². The number of imide groups is 1. The van der Waals surface area contributed by atoms with Gasteiger partial charge in [0, 0.05) is 16.9 Å². The van der Waals surface area contributed by atoms with Crippen molar-refractivity contribution >= 4 is 40.7 Å². The maximum Gasteiger partial charge on any atom is 0.279 e. The highest BCUT2D eigenvalue weighted by Crippen LogP contribution is 2.29. The molecule has 0 spiro atoms. The van der Waals surface area contributed by atoms with Crippen LogP contribution in [0.4, 0.5) is 11.4 Å². The van der Waals surface area contributed by atoms with E-state index in [1.807, 2.05) is 55.5 Å². The molecule has 1 aliphatic rings. The minimum Gasteiger partial charge on any atom is -0.349 e. The third-order valence-corrected chi connectivity index (χ3v) is 5.44. The summed E-state index contributed by atoms with van der Waals surface area (Å²) in [6, 6.07) is 23.4. The lowest BCUT2D eigenvalue weighted by Gasteiger charge is -2.16. The van der Waals surface area contributed by atoms with E-state index in [1.165, 1.54) is 0 Å². The Labute approximate surface area is 190 Å². The van der Waals surface area contributed by atoms with Crippen LogP contribution in [-0.4, -0.2) is 22.6 Å². The molecule has 3 amide bonds. The Morgan fingerprint density at radius 3 is 2.25 bits per heavy atom. The number of nitrogens with one attached hydrogen (secondary N) is 2. The average Bonchev–Trinajstić information content (AvgIpc) is 3.00. The van der Waals surface area contributed by atoms with Crippen LogP contribution in [0.2, 0.25) is 0 Å². The van der Waals surface area contributed by atoms with E-state index in [4.69, 9.17) is 11.6 Å². The molecule has 0 saturated heterocycles. The van der Waals surface area contributed by atoms with Crippen molar-refractivity contribution in [1.82, 2.24) is 4.90 Å². The molecule has 4 rings (SSSR count). The normalized spacial score (nSPS) is 13.5. The summed E-state index contributed by atoms with van der Waals surface area (Å²) in [5, 5.41) is 5.62. The summed E-state index contributed by atoms with van der Waals surface area (Å²) < 4.78 is 0. The van der Waals surface area contributed by atoms with E-state index >= 15 is 0 Å². The molecule has 7 heteroatoms. The first-order valence-electron chi connectivity index (χ1n) is 9.98. The number of nitrogens with zero attached hydrogens (tertiary/aromatic N) is 1. The molecule has 0 saturated carbocycles. The Morgan fingerprint density at radius 2 is 1.56 bits per heavy atom. The molecule has 0 unspecified atom stereocenters. The van der Waals surface area contributed by atoms with Crippen LogP contribution in [0.3, 0.4) is 0 Å². The van der Waals surface area contributed by atoms with Crippen molar-refractivity contribution in [2.24, 2.45) is 0 Å². The van der Waals surface area contributed by atoms with Crippen molar-refractivity contribution in [1.29, 1.82) is 0 Å². The maximum absolute atomic E-state index is 12.9. The molecule has 2 N–H and O–H groups in total. The summed E-state index contributed by atoms with van der Waals surface area (Å²) in [7, 11) is 0. The van der Waals surface area contributed by atoms with E-state index in [-0.39, 0.29) is 23.2 Å². The maximum atomic E-state index is 12.9. The Kier molecular flexibility index (Phi) is 6.05. The standard InChI is InChI=1S/C25H20ClN3O3/c1-16-12-13-18(23(30)27-19-10-6-3-7-11-19)14-20(16)28-22-21(26)24(31)29(25(22)32)15-17-8-4-2-5-9-17/h2-14,28H,15H2,1H3,(H,27,30). The fourth-order valence-corrected chi connectivity index (χ4v) is 3.55. The van der Waals surface area contributed by atoms with Gasteiger partial charge in [-0.05, 0) is 42.3 Å². The van der Waals surface area contributed by atoms with Crippen molar-refractivity contribution < 1.29 is 14.4 Å². The molecule has 3 aromatic carbocycles. The van der Waals surface area contributed by atoms with Gasteiger partial charge in [-0.2, -0.15) is 0 Å². The molecule has 32 heavy (non-hydrogen) atoms. The third kappa shape index (κ3) is 4.40. The molecule has 160 valence electrons. The average molecular weight is 446 g/mol. The van der Waals surface area contributed by atoms with Crippen molar-refractivity contribution in [3.63, 3.8) is 0 Å². The highest BCUT2D eigenvalue weighted by Gasteiger charge is 2.38. The molecular weight excluding hydrogens is 426 g/mol. The van der Waals surface area contributed by atoms with Gasteiger partial charge in [-0.15, -0.1) is 0 Å². The molecule has 0 radical (unpaired) electrons. The number of halogens is 1. The smallest absolute Gasteiger partial charge is 0.279 e. The molecule has 0 bridgehead atoms. The molecule has 3 aromatic rings.